The molecular formula is C30H30FNO5. The number of benzene rings is 3. The van der Waals surface area contributed by atoms with E-state index in [4.69, 9.17) is 9.47 Å². The summed E-state index contributed by atoms with van der Waals surface area (Å²) in [5.74, 6) is -0.251. The van der Waals surface area contributed by atoms with Crippen LogP contribution in [0.2, 0.25) is 0 Å². The molecule has 0 radical (unpaired) electrons. The van der Waals surface area contributed by atoms with Crippen LogP contribution in [0.1, 0.15) is 53.4 Å². The second-order valence-corrected chi connectivity index (χ2v) is 10.9. The van der Waals surface area contributed by atoms with Gasteiger partial charge in [-0.3, -0.25) is 9.59 Å². The predicted molar refractivity (Wildman–Crippen MR) is 137 cm³/mol. The average Bonchev–Trinajstić information content (AvgIpc) is 3.32. The van der Waals surface area contributed by atoms with E-state index >= 15 is 0 Å². The zero-order chi connectivity index (χ0) is 26.4. The summed E-state index contributed by atoms with van der Waals surface area (Å²) in [5, 5.41) is 9.50. The van der Waals surface area contributed by atoms with Gasteiger partial charge in [-0.1, -0.05) is 30.3 Å². The molecule has 0 unspecified atom stereocenters. The molecular weight excluding hydrogens is 473 g/mol. The molecule has 3 aromatic carbocycles. The van der Waals surface area contributed by atoms with Crippen LogP contribution >= 0.6 is 0 Å². The quantitative estimate of drug-likeness (QED) is 0.480. The van der Waals surface area contributed by atoms with E-state index in [2.05, 4.69) is 0 Å². The van der Waals surface area contributed by atoms with Gasteiger partial charge < -0.3 is 19.5 Å². The standard InChI is InChI=1S/C30H30FNO5/c1-29(2)14-22-12-19(8-10-25(22)36-29)17-32(18-27(33)34)28(35)20-9-11-26-23(13-20)16-30(3,37-26)15-21-6-4-5-7-24(21)31/h4-13H,14-18H2,1-3H3,(H,33,34)/t30-/m0/s1. The first kappa shape index (κ1) is 24.8. The lowest BCUT2D eigenvalue weighted by atomic mass is 9.91. The second kappa shape index (κ2) is 9.21. The fourth-order valence-corrected chi connectivity index (χ4v) is 5.32. The molecule has 1 N–H and O–H groups in total. The van der Waals surface area contributed by atoms with Crippen molar-refractivity contribution in [2.45, 2.75) is 57.8 Å². The van der Waals surface area contributed by atoms with Gasteiger partial charge in [0.2, 0.25) is 0 Å². The predicted octanol–water partition coefficient (Wildman–Crippen LogP) is 5.20. The molecule has 5 rings (SSSR count). The van der Waals surface area contributed by atoms with Gasteiger partial charge in [0.25, 0.3) is 5.91 Å². The highest BCUT2D eigenvalue weighted by Crippen LogP contribution is 2.38. The number of halogens is 1. The minimum Gasteiger partial charge on any atom is -0.487 e. The zero-order valence-corrected chi connectivity index (χ0v) is 21.2. The number of carboxylic acids is 1. The molecule has 192 valence electrons. The van der Waals surface area contributed by atoms with Crippen LogP contribution in [0.3, 0.4) is 0 Å². The van der Waals surface area contributed by atoms with Crippen molar-refractivity contribution < 1.29 is 28.6 Å². The molecule has 2 heterocycles. The van der Waals surface area contributed by atoms with Crippen molar-refractivity contribution in [3.8, 4) is 11.5 Å². The van der Waals surface area contributed by atoms with Crippen molar-refractivity contribution in [1.29, 1.82) is 0 Å². The van der Waals surface area contributed by atoms with Crippen molar-refractivity contribution in [2.24, 2.45) is 0 Å². The lowest BCUT2D eigenvalue weighted by Gasteiger charge is -2.24. The SMILES string of the molecule is CC1(C)Cc2cc(CN(CC(=O)O)C(=O)c3ccc4c(c3)C[C@](C)(Cc3ccccc3F)O4)ccc2O1. The van der Waals surface area contributed by atoms with Crippen LogP contribution in [0.15, 0.2) is 60.7 Å². The third-order valence-corrected chi connectivity index (χ3v) is 6.86. The van der Waals surface area contributed by atoms with Gasteiger partial charge in [-0.05, 0) is 73.4 Å². The van der Waals surface area contributed by atoms with Crippen molar-refractivity contribution in [3.05, 3.63) is 94.3 Å². The Kier molecular flexibility index (Phi) is 6.18. The lowest BCUT2D eigenvalue weighted by Crippen LogP contribution is -2.35. The summed E-state index contributed by atoms with van der Waals surface area (Å²) in [6, 6.07) is 17.5. The first-order chi connectivity index (χ1) is 17.5. The molecule has 0 spiro atoms. The lowest BCUT2D eigenvalue weighted by molar-refractivity contribution is -0.137. The molecule has 0 bridgehead atoms. The first-order valence-electron chi connectivity index (χ1n) is 12.4. The number of carbonyl (C=O) groups excluding carboxylic acids is 1. The molecule has 2 aliphatic heterocycles. The Morgan fingerprint density at radius 2 is 1.65 bits per heavy atom. The molecule has 0 saturated heterocycles. The number of ether oxygens (including phenoxy) is 2. The van der Waals surface area contributed by atoms with E-state index < -0.39 is 18.1 Å². The summed E-state index contributed by atoms with van der Waals surface area (Å²) < 4.78 is 26.3. The maximum atomic E-state index is 14.2. The molecule has 1 amide bonds. The molecule has 0 aliphatic carbocycles. The van der Waals surface area contributed by atoms with E-state index in [-0.39, 0.29) is 23.9 Å². The molecule has 0 saturated carbocycles. The monoisotopic (exact) mass is 503 g/mol. The smallest absolute Gasteiger partial charge is 0.323 e. The van der Waals surface area contributed by atoms with E-state index in [0.29, 0.717) is 29.7 Å². The number of rotatable bonds is 7. The summed E-state index contributed by atoms with van der Waals surface area (Å²) in [6.07, 6.45) is 1.65. The number of carboxylic acid groups (broad SMARTS) is 1. The minimum absolute atomic E-state index is 0.164. The van der Waals surface area contributed by atoms with E-state index in [1.807, 2.05) is 39.0 Å². The Morgan fingerprint density at radius 3 is 2.41 bits per heavy atom. The molecule has 7 heteroatoms. The van der Waals surface area contributed by atoms with E-state index in [0.717, 1.165) is 28.9 Å². The number of fused-ring (bicyclic) bond motifs is 2. The number of amides is 1. The van der Waals surface area contributed by atoms with E-state index in [9.17, 15) is 19.1 Å². The second-order valence-electron chi connectivity index (χ2n) is 10.9. The summed E-state index contributed by atoms with van der Waals surface area (Å²) in [4.78, 5) is 26.4. The maximum Gasteiger partial charge on any atom is 0.323 e. The van der Waals surface area contributed by atoms with Gasteiger partial charge in [-0.25, -0.2) is 4.39 Å². The Balaban J connectivity index is 1.34. The Hall–Kier alpha value is -3.87. The Bertz CT molecular complexity index is 1380. The summed E-state index contributed by atoms with van der Waals surface area (Å²) in [7, 11) is 0. The fraction of sp³-hybridized carbons (Fsp3) is 0.333. The topological polar surface area (TPSA) is 76.1 Å². The van der Waals surface area contributed by atoms with Gasteiger partial charge in [-0.15, -0.1) is 0 Å². The highest BCUT2D eigenvalue weighted by atomic mass is 19.1. The Labute approximate surface area is 215 Å². The van der Waals surface area contributed by atoms with Gasteiger partial charge in [0.1, 0.15) is 35.1 Å². The third-order valence-electron chi connectivity index (χ3n) is 6.86. The molecule has 37 heavy (non-hydrogen) atoms. The molecule has 3 aromatic rings. The Morgan fingerprint density at radius 1 is 0.946 bits per heavy atom. The maximum absolute atomic E-state index is 14.2. The number of aliphatic carboxylic acids is 1. The number of hydrogen-bond acceptors (Lipinski definition) is 4. The first-order valence-corrected chi connectivity index (χ1v) is 12.4. The largest absolute Gasteiger partial charge is 0.487 e. The highest BCUT2D eigenvalue weighted by molar-refractivity contribution is 5.96. The minimum atomic E-state index is -1.08. The number of carbonyl (C=O) groups is 2. The fourth-order valence-electron chi connectivity index (χ4n) is 5.32. The van der Waals surface area contributed by atoms with Gasteiger partial charge >= 0.3 is 5.97 Å². The number of nitrogens with zero attached hydrogens (tertiary/aromatic N) is 1. The van der Waals surface area contributed by atoms with Gasteiger partial charge in [0.05, 0.1) is 0 Å². The van der Waals surface area contributed by atoms with Crippen molar-refractivity contribution in [2.75, 3.05) is 6.54 Å². The van der Waals surface area contributed by atoms with Crippen LogP contribution in [0.4, 0.5) is 4.39 Å². The van der Waals surface area contributed by atoms with Crippen LogP contribution in [-0.4, -0.2) is 39.6 Å². The van der Waals surface area contributed by atoms with E-state index in [1.54, 1.807) is 36.4 Å². The zero-order valence-electron chi connectivity index (χ0n) is 21.2. The van der Waals surface area contributed by atoms with Crippen molar-refractivity contribution in [3.63, 3.8) is 0 Å². The van der Waals surface area contributed by atoms with Gasteiger partial charge in [-0.2, -0.15) is 0 Å². The van der Waals surface area contributed by atoms with Crippen LogP contribution in [0.25, 0.3) is 0 Å². The summed E-state index contributed by atoms with van der Waals surface area (Å²) in [6.45, 7) is 5.71. The van der Waals surface area contributed by atoms with Crippen LogP contribution in [0, 0.1) is 5.82 Å². The number of hydrogen-bond donors (Lipinski definition) is 1. The van der Waals surface area contributed by atoms with Crippen LogP contribution in [0.5, 0.6) is 11.5 Å². The molecule has 6 nitrogen and oxygen atoms in total. The molecule has 1 atom stereocenters. The highest BCUT2D eigenvalue weighted by Gasteiger charge is 2.36. The van der Waals surface area contributed by atoms with Crippen LogP contribution in [-0.2, 0) is 30.6 Å². The summed E-state index contributed by atoms with van der Waals surface area (Å²) >= 11 is 0. The van der Waals surface area contributed by atoms with Crippen molar-refractivity contribution >= 4 is 11.9 Å². The summed E-state index contributed by atoms with van der Waals surface area (Å²) in [5.41, 5.74) is 2.77. The third kappa shape index (κ3) is 5.31. The molecule has 2 aliphatic rings. The average molecular weight is 504 g/mol. The van der Waals surface area contributed by atoms with Crippen molar-refractivity contribution in [1.82, 2.24) is 4.90 Å². The normalized spacial score (nSPS) is 18.9. The van der Waals surface area contributed by atoms with Gasteiger partial charge in [0.15, 0.2) is 0 Å². The van der Waals surface area contributed by atoms with Crippen LogP contribution < -0.4 is 9.47 Å². The van der Waals surface area contributed by atoms with Gasteiger partial charge in [0, 0.05) is 31.4 Å². The molecule has 0 aromatic heterocycles. The van der Waals surface area contributed by atoms with E-state index in [1.165, 1.54) is 11.0 Å². The molecule has 0 fully saturated rings.